The van der Waals surface area contributed by atoms with Gasteiger partial charge in [-0.2, -0.15) is 0 Å². The van der Waals surface area contributed by atoms with Crippen molar-refractivity contribution in [2.24, 2.45) is 5.92 Å². The first-order valence-corrected chi connectivity index (χ1v) is 8.83. The van der Waals surface area contributed by atoms with Crippen LogP contribution in [0.2, 0.25) is 0 Å². The Kier molecular flexibility index (Phi) is 5.18. The Hall–Kier alpha value is -1.02. The molecule has 1 aliphatic carbocycles. The van der Waals surface area contributed by atoms with E-state index in [0.717, 1.165) is 31.2 Å². The molecule has 2 heteroatoms. The Bertz CT molecular complexity index is 439. The average molecular weight is 287 g/mol. The van der Waals surface area contributed by atoms with Crippen molar-refractivity contribution in [2.45, 2.75) is 63.8 Å². The van der Waals surface area contributed by atoms with Crippen LogP contribution in [0.25, 0.3) is 0 Å². The SMILES string of the molecule is CCC(NCC1CCOc2ccccc21)C1CCCCC1. The second-order valence-corrected chi connectivity index (χ2v) is 6.69. The zero-order chi connectivity index (χ0) is 14.5. The molecule has 2 nitrogen and oxygen atoms in total. The lowest BCUT2D eigenvalue weighted by atomic mass is 9.82. The van der Waals surface area contributed by atoms with E-state index < -0.39 is 0 Å². The predicted octanol–water partition coefficient (Wildman–Crippen LogP) is 4.50. The summed E-state index contributed by atoms with van der Waals surface area (Å²) in [6, 6.07) is 9.27. The molecule has 1 fully saturated rings. The monoisotopic (exact) mass is 287 g/mol. The van der Waals surface area contributed by atoms with Crippen LogP contribution in [0, 0.1) is 5.92 Å². The fourth-order valence-electron chi connectivity index (χ4n) is 4.10. The maximum Gasteiger partial charge on any atom is 0.122 e. The van der Waals surface area contributed by atoms with E-state index in [4.69, 9.17) is 4.74 Å². The van der Waals surface area contributed by atoms with Gasteiger partial charge in [0.25, 0.3) is 0 Å². The van der Waals surface area contributed by atoms with E-state index in [9.17, 15) is 0 Å². The van der Waals surface area contributed by atoms with E-state index in [-0.39, 0.29) is 0 Å². The average Bonchev–Trinajstić information content (AvgIpc) is 2.56. The van der Waals surface area contributed by atoms with E-state index in [2.05, 4.69) is 36.5 Å². The van der Waals surface area contributed by atoms with Gasteiger partial charge in [-0.05, 0) is 43.2 Å². The number of nitrogens with one attached hydrogen (secondary N) is 1. The molecule has 21 heavy (non-hydrogen) atoms. The quantitative estimate of drug-likeness (QED) is 0.861. The first-order valence-electron chi connectivity index (χ1n) is 8.83. The third-order valence-electron chi connectivity index (χ3n) is 5.37. The van der Waals surface area contributed by atoms with Gasteiger partial charge in [0.05, 0.1) is 6.61 Å². The van der Waals surface area contributed by atoms with Gasteiger partial charge in [0, 0.05) is 18.5 Å². The number of rotatable bonds is 5. The van der Waals surface area contributed by atoms with Gasteiger partial charge in [0.15, 0.2) is 0 Å². The first-order chi connectivity index (χ1) is 10.4. The van der Waals surface area contributed by atoms with Crippen LogP contribution in [-0.4, -0.2) is 19.2 Å². The molecule has 116 valence electrons. The van der Waals surface area contributed by atoms with E-state index in [1.807, 2.05) is 0 Å². The molecule has 1 aliphatic heterocycles. The lowest BCUT2D eigenvalue weighted by Crippen LogP contribution is -2.39. The number of fused-ring (bicyclic) bond motifs is 1. The minimum atomic E-state index is 0.618. The molecular formula is C19H29NO. The number of hydrogen-bond donors (Lipinski definition) is 1. The van der Waals surface area contributed by atoms with Crippen LogP contribution >= 0.6 is 0 Å². The zero-order valence-electron chi connectivity index (χ0n) is 13.3. The molecular weight excluding hydrogens is 258 g/mol. The molecule has 1 heterocycles. The molecule has 0 spiro atoms. The van der Waals surface area contributed by atoms with Crippen molar-refractivity contribution >= 4 is 0 Å². The van der Waals surface area contributed by atoms with Crippen molar-refractivity contribution in [3.8, 4) is 5.75 Å². The molecule has 0 radical (unpaired) electrons. The fourth-order valence-corrected chi connectivity index (χ4v) is 4.10. The van der Waals surface area contributed by atoms with Crippen molar-refractivity contribution in [1.82, 2.24) is 5.32 Å². The van der Waals surface area contributed by atoms with Crippen LogP contribution in [0.15, 0.2) is 24.3 Å². The van der Waals surface area contributed by atoms with E-state index >= 15 is 0 Å². The predicted molar refractivity (Wildman–Crippen MR) is 88.0 cm³/mol. The molecule has 1 aromatic rings. The smallest absolute Gasteiger partial charge is 0.122 e. The molecule has 0 bridgehead atoms. The highest BCUT2D eigenvalue weighted by Crippen LogP contribution is 2.33. The number of hydrogen-bond acceptors (Lipinski definition) is 2. The van der Waals surface area contributed by atoms with Crippen LogP contribution in [0.4, 0.5) is 0 Å². The summed E-state index contributed by atoms with van der Waals surface area (Å²) in [4.78, 5) is 0. The van der Waals surface area contributed by atoms with Crippen molar-refractivity contribution < 1.29 is 4.74 Å². The second kappa shape index (κ2) is 7.31. The number of ether oxygens (including phenoxy) is 1. The summed E-state index contributed by atoms with van der Waals surface area (Å²) < 4.78 is 5.78. The number of benzene rings is 1. The zero-order valence-corrected chi connectivity index (χ0v) is 13.3. The van der Waals surface area contributed by atoms with E-state index in [1.165, 1.54) is 44.1 Å². The fraction of sp³-hybridized carbons (Fsp3) is 0.684. The van der Waals surface area contributed by atoms with Gasteiger partial charge >= 0.3 is 0 Å². The summed E-state index contributed by atoms with van der Waals surface area (Å²) in [7, 11) is 0. The van der Waals surface area contributed by atoms with Crippen LogP contribution in [0.1, 0.15) is 63.4 Å². The third kappa shape index (κ3) is 3.60. The first kappa shape index (κ1) is 14.9. The van der Waals surface area contributed by atoms with Crippen LogP contribution in [-0.2, 0) is 0 Å². The molecule has 2 atom stereocenters. The summed E-state index contributed by atoms with van der Waals surface area (Å²) in [5, 5.41) is 3.89. The molecule has 1 N–H and O–H groups in total. The van der Waals surface area contributed by atoms with E-state index in [1.54, 1.807) is 0 Å². The summed E-state index contributed by atoms with van der Waals surface area (Å²) in [6.45, 7) is 4.31. The Labute approximate surface area is 129 Å². The van der Waals surface area contributed by atoms with Crippen molar-refractivity contribution in [3.05, 3.63) is 29.8 Å². The van der Waals surface area contributed by atoms with Crippen LogP contribution in [0.3, 0.4) is 0 Å². The molecule has 1 aromatic carbocycles. The van der Waals surface area contributed by atoms with Gasteiger partial charge < -0.3 is 10.1 Å². The van der Waals surface area contributed by atoms with Gasteiger partial charge in [-0.25, -0.2) is 0 Å². The highest BCUT2D eigenvalue weighted by Gasteiger charge is 2.25. The minimum Gasteiger partial charge on any atom is -0.493 e. The van der Waals surface area contributed by atoms with Gasteiger partial charge in [-0.3, -0.25) is 0 Å². The summed E-state index contributed by atoms with van der Waals surface area (Å²) in [5.41, 5.74) is 1.40. The van der Waals surface area contributed by atoms with Crippen molar-refractivity contribution in [3.63, 3.8) is 0 Å². The standard InChI is InChI=1S/C19H29NO/c1-2-18(15-8-4-3-5-9-15)20-14-16-12-13-21-19-11-7-6-10-17(16)19/h6-7,10-11,15-16,18,20H,2-5,8-9,12-14H2,1H3. The van der Waals surface area contributed by atoms with Crippen LogP contribution in [0.5, 0.6) is 5.75 Å². The molecule has 2 aliphatic rings. The maximum atomic E-state index is 5.78. The minimum absolute atomic E-state index is 0.618. The highest BCUT2D eigenvalue weighted by molar-refractivity contribution is 5.37. The van der Waals surface area contributed by atoms with Gasteiger partial charge in [0.2, 0.25) is 0 Å². The Morgan fingerprint density at radius 2 is 1.95 bits per heavy atom. The second-order valence-electron chi connectivity index (χ2n) is 6.69. The van der Waals surface area contributed by atoms with Crippen molar-refractivity contribution in [1.29, 1.82) is 0 Å². The highest BCUT2D eigenvalue weighted by atomic mass is 16.5. The van der Waals surface area contributed by atoms with Gasteiger partial charge in [-0.15, -0.1) is 0 Å². The summed E-state index contributed by atoms with van der Waals surface area (Å²) in [6.07, 6.45) is 9.57. The van der Waals surface area contributed by atoms with Crippen LogP contribution < -0.4 is 10.1 Å². The molecule has 0 saturated heterocycles. The Balaban J connectivity index is 1.59. The Morgan fingerprint density at radius 1 is 1.14 bits per heavy atom. The maximum absolute atomic E-state index is 5.78. The molecule has 2 unspecified atom stereocenters. The molecule has 1 saturated carbocycles. The third-order valence-corrected chi connectivity index (χ3v) is 5.37. The van der Waals surface area contributed by atoms with Gasteiger partial charge in [-0.1, -0.05) is 44.4 Å². The largest absolute Gasteiger partial charge is 0.493 e. The normalized spacial score (nSPS) is 24.1. The lowest BCUT2D eigenvalue weighted by molar-refractivity contribution is 0.238. The molecule has 0 amide bonds. The topological polar surface area (TPSA) is 21.3 Å². The van der Waals surface area contributed by atoms with E-state index in [0.29, 0.717) is 12.0 Å². The summed E-state index contributed by atoms with van der Waals surface area (Å²) >= 11 is 0. The van der Waals surface area contributed by atoms with Gasteiger partial charge in [0.1, 0.15) is 5.75 Å². The Morgan fingerprint density at radius 3 is 2.76 bits per heavy atom. The molecule has 3 rings (SSSR count). The lowest BCUT2D eigenvalue weighted by Gasteiger charge is -2.33. The van der Waals surface area contributed by atoms with Crippen molar-refractivity contribution in [2.75, 3.05) is 13.2 Å². The summed E-state index contributed by atoms with van der Waals surface area (Å²) in [5.74, 6) is 2.62. The molecule has 0 aromatic heterocycles. The number of para-hydroxylation sites is 1.